The van der Waals surface area contributed by atoms with Crippen LogP contribution in [0.15, 0.2) is 16.9 Å². The van der Waals surface area contributed by atoms with Crippen molar-refractivity contribution in [1.82, 2.24) is 24.8 Å². The summed E-state index contributed by atoms with van der Waals surface area (Å²) < 4.78 is 7.18. The highest BCUT2D eigenvalue weighted by Crippen LogP contribution is 2.32. The minimum Gasteiger partial charge on any atom is -0.338 e. The van der Waals surface area contributed by atoms with Gasteiger partial charge in [-0.1, -0.05) is 5.16 Å². The smallest absolute Gasteiger partial charge is 0.240 e. The van der Waals surface area contributed by atoms with E-state index < -0.39 is 5.54 Å². The summed E-state index contributed by atoms with van der Waals surface area (Å²) in [7, 11) is 1.94. The Balaban J connectivity index is 0.00000132. The first kappa shape index (κ1) is 19.9. The van der Waals surface area contributed by atoms with Gasteiger partial charge in [0.1, 0.15) is 0 Å². The van der Waals surface area contributed by atoms with Crippen molar-refractivity contribution in [3.63, 3.8) is 0 Å². The third-order valence-electron chi connectivity index (χ3n) is 3.86. The van der Waals surface area contributed by atoms with Crippen molar-refractivity contribution in [3.8, 4) is 0 Å². The molecule has 7 nitrogen and oxygen atoms in total. The van der Waals surface area contributed by atoms with E-state index in [0.29, 0.717) is 24.3 Å². The number of halogens is 2. The summed E-state index contributed by atoms with van der Waals surface area (Å²) >= 11 is 0. The quantitative estimate of drug-likeness (QED) is 0.896. The van der Waals surface area contributed by atoms with Gasteiger partial charge in [0, 0.05) is 24.8 Å². The maximum atomic E-state index is 5.99. The molecule has 9 heteroatoms. The summed E-state index contributed by atoms with van der Waals surface area (Å²) in [5, 5.41) is 8.24. The van der Waals surface area contributed by atoms with E-state index in [1.54, 1.807) is 0 Å². The fourth-order valence-corrected chi connectivity index (χ4v) is 2.76. The molecule has 1 unspecified atom stereocenters. The topological polar surface area (TPSA) is 86.0 Å². The lowest BCUT2D eigenvalue weighted by molar-refractivity contribution is 0.212. The average molecular weight is 363 g/mol. The van der Waals surface area contributed by atoms with Gasteiger partial charge in [-0.25, -0.2) is 0 Å². The Morgan fingerprint density at radius 3 is 2.70 bits per heavy atom. The van der Waals surface area contributed by atoms with Gasteiger partial charge in [-0.05, 0) is 33.2 Å². The van der Waals surface area contributed by atoms with E-state index in [1.807, 2.05) is 31.8 Å². The van der Waals surface area contributed by atoms with E-state index in [4.69, 9.17) is 10.3 Å². The van der Waals surface area contributed by atoms with Crippen LogP contribution in [0.25, 0.3) is 0 Å². The standard InChI is InChI=1S/C14H22N6O.2ClH/c1-14(2,15)13-17-12(21-18-13)9-20-6-4-5-11(20)10-7-16-19(3)8-10;;/h7-8,11H,4-6,9,15H2,1-3H3;2*1H. The zero-order valence-electron chi connectivity index (χ0n) is 13.6. The Hall–Kier alpha value is -1.15. The minimum absolute atomic E-state index is 0. The van der Waals surface area contributed by atoms with Gasteiger partial charge >= 0.3 is 0 Å². The Labute approximate surface area is 148 Å². The first-order valence-corrected chi connectivity index (χ1v) is 7.28. The molecule has 0 bridgehead atoms. The molecule has 0 spiro atoms. The molecule has 1 fully saturated rings. The first-order valence-electron chi connectivity index (χ1n) is 7.28. The van der Waals surface area contributed by atoms with Crippen molar-refractivity contribution in [3.05, 3.63) is 29.7 Å². The summed E-state index contributed by atoms with van der Waals surface area (Å²) in [5.74, 6) is 1.17. The van der Waals surface area contributed by atoms with E-state index in [0.717, 1.165) is 13.0 Å². The van der Waals surface area contributed by atoms with Crippen LogP contribution in [0.5, 0.6) is 0 Å². The van der Waals surface area contributed by atoms with Crippen molar-refractivity contribution in [1.29, 1.82) is 0 Å². The maximum Gasteiger partial charge on any atom is 0.240 e. The second-order valence-electron chi connectivity index (χ2n) is 6.31. The molecule has 0 saturated carbocycles. The lowest BCUT2D eigenvalue weighted by Crippen LogP contribution is -2.30. The summed E-state index contributed by atoms with van der Waals surface area (Å²) in [4.78, 5) is 6.77. The fraction of sp³-hybridized carbons (Fsp3) is 0.643. The summed E-state index contributed by atoms with van der Waals surface area (Å²) in [6.07, 6.45) is 6.31. The molecule has 3 heterocycles. The Bertz CT molecular complexity index is 621. The predicted octanol–water partition coefficient (Wildman–Crippen LogP) is 2.18. The van der Waals surface area contributed by atoms with Crippen LogP contribution in [0, 0.1) is 0 Å². The molecule has 0 radical (unpaired) electrons. The summed E-state index contributed by atoms with van der Waals surface area (Å²) in [6.45, 7) is 5.43. The second kappa shape index (κ2) is 7.61. The largest absolute Gasteiger partial charge is 0.338 e. The van der Waals surface area contributed by atoms with Crippen LogP contribution in [-0.4, -0.2) is 31.4 Å². The van der Waals surface area contributed by atoms with E-state index >= 15 is 0 Å². The second-order valence-corrected chi connectivity index (χ2v) is 6.31. The van der Waals surface area contributed by atoms with E-state index in [2.05, 4.69) is 26.3 Å². The number of hydrogen-bond acceptors (Lipinski definition) is 6. The molecule has 1 aliphatic rings. The molecule has 130 valence electrons. The van der Waals surface area contributed by atoms with Crippen LogP contribution < -0.4 is 5.73 Å². The number of rotatable bonds is 4. The van der Waals surface area contributed by atoms with Crippen molar-refractivity contribution in [2.24, 2.45) is 12.8 Å². The lowest BCUT2D eigenvalue weighted by Gasteiger charge is -2.21. The minimum atomic E-state index is -0.574. The molecule has 0 aliphatic carbocycles. The van der Waals surface area contributed by atoms with Crippen LogP contribution >= 0.6 is 24.8 Å². The van der Waals surface area contributed by atoms with Crippen molar-refractivity contribution in [2.45, 2.75) is 44.8 Å². The van der Waals surface area contributed by atoms with Gasteiger partial charge in [-0.15, -0.1) is 24.8 Å². The van der Waals surface area contributed by atoms with E-state index in [-0.39, 0.29) is 24.8 Å². The Kier molecular flexibility index (Phi) is 6.59. The molecule has 1 saturated heterocycles. The molecule has 2 aromatic heterocycles. The molecule has 0 amide bonds. The molecule has 1 atom stereocenters. The normalized spacial score (nSPS) is 18.5. The van der Waals surface area contributed by atoms with Gasteiger partial charge in [0.25, 0.3) is 0 Å². The van der Waals surface area contributed by atoms with Gasteiger partial charge < -0.3 is 10.3 Å². The molecule has 23 heavy (non-hydrogen) atoms. The number of nitrogens with two attached hydrogens (primary N) is 1. The molecule has 0 aromatic carbocycles. The van der Waals surface area contributed by atoms with Crippen LogP contribution in [0.3, 0.4) is 0 Å². The molecular weight excluding hydrogens is 339 g/mol. The van der Waals surface area contributed by atoms with Crippen LogP contribution in [0.4, 0.5) is 0 Å². The highest BCUT2D eigenvalue weighted by Gasteiger charge is 2.29. The third kappa shape index (κ3) is 4.44. The number of aryl methyl sites for hydroxylation is 1. The summed E-state index contributed by atoms with van der Waals surface area (Å²) in [6, 6.07) is 0.375. The predicted molar refractivity (Wildman–Crippen MR) is 91.6 cm³/mol. The van der Waals surface area contributed by atoms with Gasteiger partial charge in [-0.3, -0.25) is 9.58 Å². The van der Waals surface area contributed by atoms with Crippen LogP contribution in [0.1, 0.15) is 50.0 Å². The zero-order valence-corrected chi connectivity index (χ0v) is 15.2. The Morgan fingerprint density at radius 2 is 2.13 bits per heavy atom. The highest BCUT2D eigenvalue weighted by molar-refractivity contribution is 5.85. The fourth-order valence-electron chi connectivity index (χ4n) is 2.76. The van der Waals surface area contributed by atoms with Gasteiger partial charge in [0.15, 0.2) is 5.82 Å². The van der Waals surface area contributed by atoms with E-state index in [9.17, 15) is 0 Å². The van der Waals surface area contributed by atoms with Crippen molar-refractivity contribution >= 4 is 24.8 Å². The Morgan fingerprint density at radius 1 is 1.39 bits per heavy atom. The monoisotopic (exact) mass is 362 g/mol. The van der Waals surface area contributed by atoms with Crippen LogP contribution in [0.2, 0.25) is 0 Å². The highest BCUT2D eigenvalue weighted by atomic mass is 35.5. The molecule has 1 aliphatic heterocycles. The van der Waals surface area contributed by atoms with Gasteiger partial charge in [-0.2, -0.15) is 10.1 Å². The number of aromatic nitrogens is 4. The van der Waals surface area contributed by atoms with Crippen molar-refractivity contribution in [2.75, 3.05) is 6.54 Å². The first-order chi connectivity index (χ1) is 9.93. The van der Waals surface area contributed by atoms with Crippen LogP contribution in [-0.2, 0) is 19.1 Å². The van der Waals surface area contributed by atoms with Gasteiger partial charge in [0.05, 0.1) is 18.3 Å². The lowest BCUT2D eigenvalue weighted by atomic mass is 10.1. The molecule has 2 aromatic rings. The van der Waals surface area contributed by atoms with E-state index in [1.165, 1.54) is 12.0 Å². The molecule has 3 rings (SSSR count). The summed E-state index contributed by atoms with van der Waals surface area (Å²) in [5.41, 5.74) is 6.66. The number of likely N-dealkylation sites (tertiary alicyclic amines) is 1. The van der Waals surface area contributed by atoms with Crippen molar-refractivity contribution < 1.29 is 4.52 Å². The third-order valence-corrected chi connectivity index (χ3v) is 3.86. The number of nitrogens with zero attached hydrogens (tertiary/aromatic N) is 5. The molecular formula is C14H24Cl2N6O. The zero-order chi connectivity index (χ0) is 15.0. The average Bonchev–Trinajstić information content (AvgIpc) is 3.08. The SMILES string of the molecule is Cl.Cl.Cn1cc(C2CCCN2Cc2nc(C(C)(C)N)no2)cn1. The molecule has 2 N–H and O–H groups in total. The van der Waals surface area contributed by atoms with Gasteiger partial charge in [0.2, 0.25) is 5.89 Å². The number of hydrogen-bond donors (Lipinski definition) is 1. The maximum absolute atomic E-state index is 5.99.